The van der Waals surface area contributed by atoms with Crippen LogP contribution in [0.25, 0.3) is 32.4 Å². The summed E-state index contributed by atoms with van der Waals surface area (Å²) < 4.78 is 0.879. The molecule has 5 aromatic rings. The Labute approximate surface area is 207 Å². The minimum Gasteiger partial charge on any atom is -0.322 e. The number of rotatable bonds is 5. The van der Waals surface area contributed by atoms with Crippen LogP contribution in [-0.2, 0) is 4.79 Å². The molecule has 0 aliphatic heterocycles. The van der Waals surface area contributed by atoms with Gasteiger partial charge in [-0.3, -0.25) is 9.59 Å². The molecule has 0 aliphatic rings. The zero-order valence-corrected chi connectivity index (χ0v) is 20.5. The fraction of sp³-hybridized carbons (Fsp3) is 0.143. The second-order valence-corrected chi connectivity index (χ2v) is 9.46. The molecule has 2 N–H and O–H groups in total. The highest BCUT2D eigenvalue weighted by Gasteiger charge is 2.15. The molecule has 35 heavy (non-hydrogen) atoms. The van der Waals surface area contributed by atoms with E-state index in [1.807, 2.05) is 54.6 Å². The van der Waals surface area contributed by atoms with Crippen molar-refractivity contribution >= 4 is 55.1 Å². The van der Waals surface area contributed by atoms with Gasteiger partial charge in [-0.2, -0.15) is 0 Å². The smallest absolute Gasteiger partial charge is 0.256 e. The number of nitrogens with zero attached hydrogens (tertiary/aromatic N) is 2. The number of aromatic nitrogens is 2. The number of benzene rings is 3. The zero-order chi connectivity index (χ0) is 24.5. The lowest BCUT2D eigenvalue weighted by Gasteiger charge is -2.12. The van der Waals surface area contributed by atoms with Crippen molar-refractivity contribution in [3.63, 3.8) is 0 Å². The zero-order valence-electron chi connectivity index (χ0n) is 19.7. The van der Waals surface area contributed by atoms with Crippen molar-refractivity contribution in [2.45, 2.75) is 27.2 Å². The molecule has 0 bridgehead atoms. The molecular weight excluding hydrogens is 456 g/mol. The summed E-state index contributed by atoms with van der Waals surface area (Å²) in [5.41, 5.74) is 6.87. The van der Waals surface area contributed by atoms with E-state index >= 15 is 0 Å². The summed E-state index contributed by atoms with van der Waals surface area (Å²) in [6, 6.07) is 21.3. The lowest BCUT2D eigenvalue weighted by molar-refractivity contribution is -0.115. The van der Waals surface area contributed by atoms with Gasteiger partial charge in [0.05, 0.1) is 27.0 Å². The number of fused-ring (bicyclic) bond motifs is 2. The number of nitrogens with one attached hydrogen (secondary N) is 2. The highest BCUT2D eigenvalue weighted by atomic mass is 32.1. The van der Waals surface area contributed by atoms with E-state index in [-0.39, 0.29) is 11.8 Å². The molecule has 6 nitrogen and oxygen atoms in total. The highest BCUT2D eigenvalue weighted by Crippen LogP contribution is 2.30. The minimum absolute atomic E-state index is 0.0817. The first kappa shape index (κ1) is 22.7. The first-order valence-electron chi connectivity index (χ1n) is 11.4. The van der Waals surface area contributed by atoms with Crippen molar-refractivity contribution in [2.75, 3.05) is 10.6 Å². The predicted molar refractivity (Wildman–Crippen MR) is 143 cm³/mol. The monoisotopic (exact) mass is 480 g/mol. The van der Waals surface area contributed by atoms with Gasteiger partial charge in [-0.1, -0.05) is 48.6 Å². The Morgan fingerprint density at radius 3 is 2.49 bits per heavy atom. The quantitative estimate of drug-likeness (QED) is 0.292. The van der Waals surface area contributed by atoms with E-state index in [9.17, 15) is 9.59 Å². The molecule has 0 atom stereocenters. The van der Waals surface area contributed by atoms with E-state index < -0.39 is 0 Å². The average molecular weight is 481 g/mol. The maximum Gasteiger partial charge on any atom is 0.256 e. The number of hydrogen-bond acceptors (Lipinski definition) is 5. The Hall–Kier alpha value is -4.10. The first-order valence-corrected chi connectivity index (χ1v) is 12.2. The SMILES string of the molecule is CCC(=O)Nc1nc2ccc(NC(=O)c3cc(-c4ccc(C)c(C)c4)nc4ccccc34)cc2s1. The van der Waals surface area contributed by atoms with Crippen molar-refractivity contribution in [3.05, 3.63) is 83.4 Å². The van der Waals surface area contributed by atoms with Crippen LogP contribution in [0.3, 0.4) is 0 Å². The van der Waals surface area contributed by atoms with Crippen LogP contribution < -0.4 is 10.6 Å². The second-order valence-electron chi connectivity index (χ2n) is 8.43. The van der Waals surface area contributed by atoms with E-state index in [4.69, 9.17) is 4.98 Å². The Morgan fingerprint density at radius 2 is 1.69 bits per heavy atom. The predicted octanol–water partition coefficient (Wildman–Crippen LogP) is 6.73. The van der Waals surface area contributed by atoms with Gasteiger partial charge >= 0.3 is 0 Å². The van der Waals surface area contributed by atoms with Gasteiger partial charge in [-0.15, -0.1) is 0 Å². The first-order chi connectivity index (χ1) is 16.9. The maximum atomic E-state index is 13.5. The van der Waals surface area contributed by atoms with Gasteiger partial charge in [-0.05, 0) is 61.4 Å². The van der Waals surface area contributed by atoms with Crippen LogP contribution in [0, 0.1) is 13.8 Å². The van der Waals surface area contributed by atoms with Crippen LogP contribution in [0.5, 0.6) is 0 Å². The van der Waals surface area contributed by atoms with Gasteiger partial charge in [0.2, 0.25) is 5.91 Å². The molecule has 174 valence electrons. The Morgan fingerprint density at radius 1 is 0.857 bits per heavy atom. The molecule has 3 aromatic carbocycles. The molecule has 0 saturated heterocycles. The molecule has 0 saturated carbocycles. The fourth-order valence-electron chi connectivity index (χ4n) is 3.87. The van der Waals surface area contributed by atoms with Gasteiger partial charge in [0.25, 0.3) is 5.91 Å². The third kappa shape index (κ3) is 4.63. The molecule has 0 unspecified atom stereocenters. The number of amides is 2. The van der Waals surface area contributed by atoms with Crippen molar-refractivity contribution in [1.82, 2.24) is 9.97 Å². The number of pyridine rings is 1. The van der Waals surface area contributed by atoms with Crippen molar-refractivity contribution in [1.29, 1.82) is 0 Å². The van der Waals surface area contributed by atoms with Crippen LogP contribution in [0.2, 0.25) is 0 Å². The summed E-state index contributed by atoms with van der Waals surface area (Å²) in [6.07, 6.45) is 0.390. The van der Waals surface area contributed by atoms with Crippen molar-refractivity contribution in [2.24, 2.45) is 0 Å². The lowest BCUT2D eigenvalue weighted by atomic mass is 10.0. The number of hydrogen-bond donors (Lipinski definition) is 2. The molecule has 0 aliphatic carbocycles. The summed E-state index contributed by atoms with van der Waals surface area (Å²) in [5.74, 6) is -0.293. The number of anilines is 2. The summed E-state index contributed by atoms with van der Waals surface area (Å²) in [7, 11) is 0. The standard InChI is InChI=1S/C28H24N4O2S/c1-4-26(33)32-28-31-23-12-11-19(14-25(23)35-28)29-27(34)21-15-24(18-10-9-16(2)17(3)13-18)30-22-8-6-5-7-20(21)22/h5-15H,4H2,1-3H3,(H,29,34)(H,31,32,33). The van der Waals surface area contributed by atoms with E-state index in [2.05, 4.69) is 41.6 Å². The summed E-state index contributed by atoms with van der Waals surface area (Å²) in [6.45, 7) is 5.94. The van der Waals surface area contributed by atoms with E-state index in [0.29, 0.717) is 22.8 Å². The molecule has 7 heteroatoms. The van der Waals surface area contributed by atoms with E-state index in [1.54, 1.807) is 6.92 Å². The fourth-order valence-corrected chi connectivity index (χ4v) is 4.80. The number of carbonyl (C=O) groups excluding carboxylic acids is 2. The average Bonchev–Trinajstić information content (AvgIpc) is 3.26. The maximum absolute atomic E-state index is 13.5. The Kier molecular flexibility index (Phi) is 6.01. The molecule has 2 heterocycles. The van der Waals surface area contributed by atoms with Gasteiger partial charge in [0.1, 0.15) is 0 Å². The Bertz CT molecular complexity index is 1610. The molecule has 0 radical (unpaired) electrons. The summed E-state index contributed by atoms with van der Waals surface area (Å²) >= 11 is 1.38. The third-order valence-corrected chi connectivity index (χ3v) is 6.91. The van der Waals surface area contributed by atoms with Crippen LogP contribution in [0.1, 0.15) is 34.8 Å². The van der Waals surface area contributed by atoms with Crippen molar-refractivity contribution < 1.29 is 9.59 Å². The van der Waals surface area contributed by atoms with Crippen molar-refractivity contribution in [3.8, 4) is 11.3 Å². The van der Waals surface area contributed by atoms with Gasteiger partial charge in [-0.25, -0.2) is 9.97 Å². The summed E-state index contributed by atoms with van der Waals surface area (Å²) in [5, 5.41) is 7.16. The van der Waals surface area contributed by atoms with Crippen LogP contribution in [0.15, 0.2) is 66.7 Å². The summed E-state index contributed by atoms with van der Waals surface area (Å²) in [4.78, 5) is 34.4. The molecule has 2 amide bonds. The molecule has 0 fully saturated rings. The molecular formula is C28H24N4O2S. The number of thiazole rings is 1. The molecule has 0 spiro atoms. The highest BCUT2D eigenvalue weighted by molar-refractivity contribution is 7.22. The Balaban J connectivity index is 1.50. The normalized spacial score (nSPS) is 11.1. The second kappa shape index (κ2) is 9.27. The van der Waals surface area contributed by atoms with Crippen LogP contribution >= 0.6 is 11.3 Å². The molecule has 2 aromatic heterocycles. The largest absolute Gasteiger partial charge is 0.322 e. The minimum atomic E-state index is -0.211. The van der Waals surface area contributed by atoms with Gasteiger partial charge < -0.3 is 10.6 Å². The topological polar surface area (TPSA) is 84.0 Å². The van der Waals surface area contributed by atoms with E-state index in [1.165, 1.54) is 22.5 Å². The van der Waals surface area contributed by atoms with Crippen LogP contribution in [-0.4, -0.2) is 21.8 Å². The van der Waals surface area contributed by atoms with Gasteiger partial charge in [0.15, 0.2) is 5.13 Å². The number of aryl methyl sites for hydroxylation is 2. The van der Waals surface area contributed by atoms with Gasteiger partial charge in [0, 0.05) is 23.1 Å². The van der Waals surface area contributed by atoms with Crippen LogP contribution in [0.4, 0.5) is 10.8 Å². The lowest BCUT2D eigenvalue weighted by Crippen LogP contribution is -2.13. The molecule has 5 rings (SSSR count). The number of carbonyl (C=O) groups is 2. The van der Waals surface area contributed by atoms with E-state index in [0.717, 1.165) is 32.4 Å². The third-order valence-electron chi connectivity index (χ3n) is 5.98. The number of para-hydroxylation sites is 1.